The van der Waals surface area contributed by atoms with E-state index < -0.39 is 0 Å². The predicted octanol–water partition coefficient (Wildman–Crippen LogP) is 1.22. The van der Waals surface area contributed by atoms with Crippen LogP contribution in [0.3, 0.4) is 0 Å². The number of hydrogen-bond acceptors (Lipinski definition) is 4. The Morgan fingerprint density at radius 1 is 1.50 bits per heavy atom. The molecule has 0 aliphatic heterocycles. The van der Waals surface area contributed by atoms with Crippen LogP contribution in [0.5, 0.6) is 0 Å². The van der Waals surface area contributed by atoms with Gasteiger partial charge in [0.2, 0.25) is 0 Å². The standard InChI is InChI=1S/C11H21N5/c1-3-6-12-7-11-13-14-15-16(11)8-9(2)10-4-5-10/h9-10,12H,3-8H2,1-2H3. The van der Waals surface area contributed by atoms with Crippen LogP contribution >= 0.6 is 0 Å². The van der Waals surface area contributed by atoms with Crippen molar-refractivity contribution < 1.29 is 0 Å². The van der Waals surface area contributed by atoms with Crippen LogP contribution in [0, 0.1) is 11.8 Å². The minimum atomic E-state index is 0.702. The molecule has 0 aromatic carbocycles. The molecule has 1 fully saturated rings. The highest BCUT2D eigenvalue weighted by Gasteiger charge is 2.28. The van der Waals surface area contributed by atoms with Crippen molar-refractivity contribution in [1.82, 2.24) is 25.5 Å². The molecule has 5 nitrogen and oxygen atoms in total. The second-order valence-corrected chi connectivity index (χ2v) is 4.77. The lowest BCUT2D eigenvalue weighted by molar-refractivity contribution is 0.388. The van der Waals surface area contributed by atoms with E-state index in [1.54, 1.807) is 0 Å². The molecule has 1 saturated carbocycles. The van der Waals surface area contributed by atoms with Crippen molar-refractivity contribution in [3.05, 3.63) is 5.82 Å². The molecular weight excluding hydrogens is 202 g/mol. The summed E-state index contributed by atoms with van der Waals surface area (Å²) in [6.45, 7) is 7.21. The van der Waals surface area contributed by atoms with E-state index in [1.165, 1.54) is 12.8 Å². The van der Waals surface area contributed by atoms with Crippen LogP contribution in [0.1, 0.15) is 38.9 Å². The number of aromatic nitrogens is 4. The molecule has 0 saturated heterocycles. The average molecular weight is 223 g/mol. The van der Waals surface area contributed by atoms with Gasteiger partial charge in [0.1, 0.15) is 0 Å². The van der Waals surface area contributed by atoms with Gasteiger partial charge in [-0.15, -0.1) is 5.10 Å². The molecule has 16 heavy (non-hydrogen) atoms. The summed E-state index contributed by atoms with van der Waals surface area (Å²) >= 11 is 0. The molecule has 0 amide bonds. The van der Waals surface area contributed by atoms with Crippen LogP contribution in [0.25, 0.3) is 0 Å². The maximum absolute atomic E-state index is 4.06. The average Bonchev–Trinajstić information content (AvgIpc) is 3.04. The summed E-state index contributed by atoms with van der Waals surface area (Å²) in [6.07, 6.45) is 3.90. The third kappa shape index (κ3) is 3.01. The minimum Gasteiger partial charge on any atom is -0.310 e. The van der Waals surface area contributed by atoms with Gasteiger partial charge in [0, 0.05) is 6.54 Å². The first kappa shape index (κ1) is 11.5. The van der Waals surface area contributed by atoms with Crippen molar-refractivity contribution >= 4 is 0 Å². The Kier molecular flexibility index (Phi) is 3.88. The fourth-order valence-electron chi connectivity index (χ4n) is 1.96. The van der Waals surface area contributed by atoms with Gasteiger partial charge in [-0.05, 0) is 48.1 Å². The Labute approximate surface area is 96.6 Å². The van der Waals surface area contributed by atoms with Gasteiger partial charge in [-0.2, -0.15) is 0 Å². The van der Waals surface area contributed by atoms with E-state index in [4.69, 9.17) is 0 Å². The quantitative estimate of drug-likeness (QED) is 0.706. The summed E-state index contributed by atoms with van der Waals surface area (Å²) in [5.41, 5.74) is 0. The Hall–Kier alpha value is -0.970. The van der Waals surface area contributed by atoms with Gasteiger partial charge in [0.25, 0.3) is 0 Å². The summed E-state index contributed by atoms with van der Waals surface area (Å²) in [6, 6.07) is 0. The SMILES string of the molecule is CCCNCc1nnnn1CC(C)C1CC1. The first-order valence-corrected chi connectivity index (χ1v) is 6.27. The van der Waals surface area contributed by atoms with Gasteiger partial charge in [-0.1, -0.05) is 13.8 Å². The Balaban J connectivity index is 1.85. The third-order valence-electron chi connectivity index (χ3n) is 3.20. The third-order valence-corrected chi connectivity index (χ3v) is 3.20. The molecule has 0 radical (unpaired) electrons. The summed E-state index contributed by atoms with van der Waals surface area (Å²) in [7, 11) is 0. The van der Waals surface area contributed by atoms with Gasteiger partial charge in [0.05, 0.1) is 6.54 Å². The monoisotopic (exact) mass is 223 g/mol. The molecule has 0 spiro atoms. The van der Waals surface area contributed by atoms with Crippen LogP contribution in [0.15, 0.2) is 0 Å². The van der Waals surface area contributed by atoms with E-state index in [2.05, 4.69) is 34.7 Å². The van der Waals surface area contributed by atoms with E-state index >= 15 is 0 Å². The van der Waals surface area contributed by atoms with E-state index in [0.29, 0.717) is 5.92 Å². The molecule has 1 aliphatic carbocycles. The van der Waals surface area contributed by atoms with Crippen molar-refractivity contribution in [3.8, 4) is 0 Å². The van der Waals surface area contributed by atoms with Gasteiger partial charge in [-0.25, -0.2) is 4.68 Å². The number of nitrogens with one attached hydrogen (secondary N) is 1. The Bertz CT molecular complexity index is 318. The van der Waals surface area contributed by atoms with Gasteiger partial charge in [-0.3, -0.25) is 0 Å². The largest absolute Gasteiger partial charge is 0.310 e. The molecule has 1 heterocycles. The first-order chi connectivity index (χ1) is 7.81. The van der Waals surface area contributed by atoms with Gasteiger partial charge >= 0.3 is 0 Å². The van der Waals surface area contributed by atoms with E-state index in [9.17, 15) is 0 Å². The van der Waals surface area contributed by atoms with Crippen molar-refractivity contribution in [2.24, 2.45) is 11.8 Å². The Morgan fingerprint density at radius 2 is 2.31 bits per heavy atom. The molecule has 1 aromatic rings. The molecule has 1 atom stereocenters. The highest BCUT2D eigenvalue weighted by atomic mass is 15.5. The van der Waals surface area contributed by atoms with E-state index in [-0.39, 0.29) is 0 Å². The Morgan fingerprint density at radius 3 is 3.00 bits per heavy atom. The van der Waals surface area contributed by atoms with E-state index in [1.807, 2.05) is 4.68 Å². The van der Waals surface area contributed by atoms with Crippen molar-refractivity contribution in [1.29, 1.82) is 0 Å². The van der Waals surface area contributed by atoms with Crippen LogP contribution < -0.4 is 5.32 Å². The molecule has 1 unspecified atom stereocenters. The van der Waals surface area contributed by atoms with Crippen LogP contribution in [-0.2, 0) is 13.1 Å². The molecule has 1 aliphatic rings. The number of nitrogens with zero attached hydrogens (tertiary/aromatic N) is 4. The molecule has 5 heteroatoms. The summed E-state index contributed by atoms with van der Waals surface area (Å²) < 4.78 is 1.95. The number of rotatable bonds is 7. The molecule has 0 bridgehead atoms. The lowest BCUT2D eigenvalue weighted by Crippen LogP contribution is -2.20. The normalized spacial score (nSPS) is 17.6. The highest BCUT2D eigenvalue weighted by molar-refractivity contribution is 4.84. The summed E-state index contributed by atoms with van der Waals surface area (Å²) in [5, 5.41) is 15.2. The summed E-state index contributed by atoms with van der Waals surface area (Å²) in [5.74, 6) is 2.56. The zero-order valence-electron chi connectivity index (χ0n) is 10.2. The predicted molar refractivity (Wildman–Crippen MR) is 61.7 cm³/mol. The fraction of sp³-hybridized carbons (Fsp3) is 0.909. The molecule has 1 N–H and O–H groups in total. The van der Waals surface area contributed by atoms with Crippen molar-refractivity contribution in [2.45, 2.75) is 46.2 Å². The number of tetrazole rings is 1. The van der Waals surface area contributed by atoms with Crippen molar-refractivity contribution in [2.75, 3.05) is 6.54 Å². The second-order valence-electron chi connectivity index (χ2n) is 4.77. The number of hydrogen-bond donors (Lipinski definition) is 1. The highest BCUT2D eigenvalue weighted by Crippen LogP contribution is 2.37. The lowest BCUT2D eigenvalue weighted by Gasteiger charge is -2.11. The zero-order chi connectivity index (χ0) is 11.4. The summed E-state index contributed by atoms with van der Waals surface area (Å²) in [4.78, 5) is 0. The topological polar surface area (TPSA) is 55.6 Å². The van der Waals surface area contributed by atoms with Crippen LogP contribution in [0.2, 0.25) is 0 Å². The maximum atomic E-state index is 4.06. The van der Waals surface area contributed by atoms with Crippen LogP contribution in [-0.4, -0.2) is 26.8 Å². The van der Waals surface area contributed by atoms with Crippen LogP contribution in [0.4, 0.5) is 0 Å². The zero-order valence-corrected chi connectivity index (χ0v) is 10.2. The lowest BCUT2D eigenvalue weighted by atomic mass is 10.1. The second kappa shape index (κ2) is 5.39. The molecular formula is C11H21N5. The fourth-order valence-corrected chi connectivity index (χ4v) is 1.96. The minimum absolute atomic E-state index is 0.702. The van der Waals surface area contributed by atoms with Crippen molar-refractivity contribution in [3.63, 3.8) is 0 Å². The maximum Gasteiger partial charge on any atom is 0.165 e. The molecule has 90 valence electrons. The first-order valence-electron chi connectivity index (χ1n) is 6.27. The van der Waals surface area contributed by atoms with Gasteiger partial charge < -0.3 is 5.32 Å². The van der Waals surface area contributed by atoms with Gasteiger partial charge in [0.15, 0.2) is 5.82 Å². The molecule has 1 aromatic heterocycles. The van der Waals surface area contributed by atoms with E-state index in [0.717, 1.165) is 37.8 Å². The molecule has 2 rings (SSSR count). The smallest absolute Gasteiger partial charge is 0.165 e.